The maximum Gasteiger partial charge on any atom is 0.220 e. The molecule has 1 atom stereocenters. The third kappa shape index (κ3) is 6.53. The van der Waals surface area contributed by atoms with Gasteiger partial charge in [0.15, 0.2) is 0 Å². The van der Waals surface area contributed by atoms with Gasteiger partial charge in [-0.3, -0.25) is 9.69 Å². The lowest BCUT2D eigenvalue weighted by atomic mass is 9.93. The predicted octanol–water partition coefficient (Wildman–Crippen LogP) is 3.73. The first kappa shape index (κ1) is 23.7. The van der Waals surface area contributed by atoms with Crippen LogP contribution in [0.4, 0.5) is 0 Å². The fraction of sp³-hybridized carbons (Fsp3) is 0.480. The Bertz CT molecular complexity index is 902. The van der Waals surface area contributed by atoms with Crippen molar-refractivity contribution < 1.29 is 24.1 Å². The molecule has 1 fully saturated rings. The van der Waals surface area contributed by atoms with Gasteiger partial charge in [-0.1, -0.05) is 6.07 Å². The van der Waals surface area contributed by atoms with E-state index in [1.165, 1.54) is 0 Å². The van der Waals surface area contributed by atoms with Gasteiger partial charge in [0.25, 0.3) is 0 Å². The van der Waals surface area contributed by atoms with Crippen LogP contribution in [0.15, 0.2) is 36.4 Å². The van der Waals surface area contributed by atoms with Crippen molar-refractivity contribution in [1.82, 2.24) is 10.2 Å². The summed E-state index contributed by atoms with van der Waals surface area (Å²) in [5, 5.41) is 13.2. The summed E-state index contributed by atoms with van der Waals surface area (Å²) in [6.07, 6.45) is 3.60. The van der Waals surface area contributed by atoms with Crippen LogP contribution in [0, 0.1) is 5.92 Å². The van der Waals surface area contributed by atoms with Crippen molar-refractivity contribution >= 4 is 5.91 Å². The van der Waals surface area contributed by atoms with Crippen LogP contribution in [-0.2, 0) is 17.9 Å². The fourth-order valence-corrected chi connectivity index (χ4v) is 4.19. The molecule has 0 aliphatic carbocycles. The summed E-state index contributed by atoms with van der Waals surface area (Å²) in [5.74, 6) is 2.87. The molecule has 7 heteroatoms. The summed E-state index contributed by atoms with van der Waals surface area (Å²) in [6, 6.07) is 11.0. The van der Waals surface area contributed by atoms with E-state index < -0.39 is 0 Å². The molecular formula is C25H34N2O5. The first-order valence-electron chi connectivity index (χ1n) is 11.1. The smallest absolute Gasteiger partial charge is 0.220 e. The van der Waals surface area contributed by atoms with Crippen LogP contribution in [0.25, 0.3) is 0 Å². The summed E-state index contributed by atoms with van der Waals surface area (Å²) in [4.78, 5) is 14.8. The van der Waals surface area contributed by atoms with Crippen molar-refractivity contribution in [3.8, 4) is 23.0 Å². The quantitative estimate of drug-likeness (QED) is 0.584. The number of phenols is 1. The summed E-state index contributed by atoms with van der Waals surface area (Å²) in [7, 11) is 4.82. The number of hydrogen-bond donors (Lipinski definition) is 2. The molecule has 2 N–H and O–H groups in total. The van der Waals surface area contributed by atoms with Crippen LogP contribution < -0.4 is 19.5 Å². The van der Waals surface area contributed by atoms with E-state index in [0.717, 1.165) is 49.2 Å². The zero-order valence-corrected chi connectivity index (χ0v) is 19.2. The number of rotatable bonds is 10. The van der Waals surface area contributed by atoms with Crippen LogP contribution in [0.3, 0.4) is 0 Å². The molecular weight excluding hydrogens is 408 g/mol. The van der Waals surface area contributed by atoms with Crippen molar-refractivity contribution in [1.29, 1.82) is 0 Å². The van der Waals surface area contributed by atoms with Gasteiger partial charge in [-0.15, -0.1) is 0 Å². The number of aromatic hydroxyl groups is 1. The lowest BCUT2D eigenvalue weighted by Gasteiger charge is -2.33. The highest BCUT2D eigenvalue weighted by molar-refractivity contribution is 5.75. The number of nitrogens with one attached hydrogen (secondary N) is 1. The molecule has 1 aliphatic rings. The van der Waals surface area contributed by atoms with Crippen molar-refractivity contribution in [3.63, 3.8) is 0 Å². The molecule has 1 amide bonds. The molecule has 3 rings (SSSR count). The maximum absolute atomic E-state index is 12.4. The minimum atomic E-state index is 0.0489. The minimum absolute atomic E-state index is 0.0489. The van der Waals surface area contributed by atoms with E-state index in [-0.39, 0.29) is 11.7 Å². The third-order valence-corrected chi connectivity index (χ3v) is 6.04. The van der Waals surface area contributed by atoms with Crippen molar-refractivity contribution in [2.75, 3.05) is 34.4 Å². The molecule has 2 aromatic rings. The first-order valence-corrected chi connectivity index (χ1v) is 11.1. The van der Waals surface area contributed by atoms with Crippen LogP contribution in [0.2, 0.25) is 0 Å². The second kappa shape index (κ2) is 11.6. The number of benzene rings is 2. The number of ether oxygens (including phenoxy) is 3. The third-order valence-electron chi connectivity index (χ3n) is 6.04. The highest BCUT2D eigenvalue weighted by Gasteiger charge is 2.21. The van der Waals surface area contributed by atoms with Crippen molar-refractivity contribution in [3.05, 3.63) is 47.5 Å². The van der Waals surface area contributed by atoms with E-state index in [4.69, 9.17) is 14.2 Å². The summed E-state index contributed by atoms with van der Waals surface area (Å²) >= 11 is 0. The largest absolute Gasteiger partial charge is 0.507 e. The molecule has 174 valence electrons. The number of likely N-dealkylation sites (tertiary alicyclic amines) is 1. The van der Waals surface area contributed by atoms with Gasteiger partial charge in [0.2, 0.25) is 5.91 Å². The number of carbonyl (C=O) groups is 1. The van der Waals surface area contributed by atoms with Crippen LogP contribution in [0.1, 0.15) is 36.8 Å². The molecule has 1 unspecified atom stereocenters. The Morgan fingerprint density at radius 3 is 2.47 bits per heavy atom. The lowest BCUT2D eigenvalue weighted by Crippen LogP contribution is -2.35. The Hall–Kier alpha value is -2.93. The summed E-state index contributed by atoms with van der Waals surface area (Å²) in [5.41, 5.74) is 1.82. The number of piperidine rings is 1. The second-order valence-corrected chi connectivity index (χ2v) is 8.23. The molecule has 1 saturated heterocycles. The highest BCUT2D eigenvalue weighted by Crippen LogP contribution is 2.28. The van der Waals surface area contributed by atoms with Gasteiger partial charge in [-0.05, 0) is 49.9 Å². The van der Waals surface area contributed by atoms with Crippen LogP contribution in [-0.4, -0.2) is 50.3 Å². The van der Waals surface area contributed by atoms with Crippen molar-refractivity contribution in [2.45, 2.75) is 38.8 Å². The van der Waals surface area contributed by atoms with E-state index in [1.807, 2.05) is 30.3 Å². The zero-order chi connectivity index (χ0) is 22.9. The Morgan fingerprint density at radius 2 is 1.78 bits per heavy atom. The van der Waals surface area contributed by atoms with E-state index in [1.54, 1.807) is 27.4 Å². The Balaban J connectivity index is 1.45. The SMILES string of the molecule is COc1ccc(CN2CCCC(CCC(=O)NCc3ccc(OC)cc3OC)C2)c(O)c1. The zero-order valence-electron chi connectivity index (χ0n) is 19.2. The second-order valence-electron chi connectivity index (χ2n) is 8.23. The van der Waals surface area contributed by atoms with Crippen molar-refractivity contribution in [2.24, 2.45) is 5.92 Å². The normalized spacial score (nSPS) is 16.4. The van der Waals surface area contributed by atoms with Gasteiger partial charge >= 0.3 is 0 Å². The molecule has 32 heavy (non-hydrogen) atoms. The number of hydrogen-bond acceptors (Lipinski definition) is 6. The number of phenolic OH excluding ortho intramolecular Hbond substituents is 1. The topological polar surface area (TPSA) is 80.3 Å². The van der Waals surface area contributed by atoms with E-state index >= 15 is 0 Å². The Labute approximate surface area is 190 Å². The molecule has 0 saturated carbocycles. The van der Waals surface area contributed by atoms with Gasteiger partial charge < -0.3 is 24.6 Å². The number of methoxy groups -OCH3 is 3. The molecule has 1 heterocycles. The number of carbonyl (C=O) groups excluding carboxylic acids is 1. The predicted molar refractivity (Wildman–Crippen MR) is 123 cm³/mol. The first-order chi connectivity index (χ1) is 15.5. The van der Waals surface area contributed by atoms with Gasteiger partial charge in [-0.2, -0.15) is 0 Å². The fourth-order valence-electron chi connectivity index (χ4n) is 4.19. The maximum atomic E-state index is 12.4. The molecule has 7 nitrogen and oxygen atoms in total. The molecule has 0 radical (unpaired) electrons. The molecule has 2 aromatic carbocycles. The Morgan fingerprint density at radius 1 is 1.06 bits per heavy atom. The van der Waals surface area contributed by atoms with Crippen LogP contribution >= 0.6 is 0 Å². The molecule has 0 spiro atoms. The van der Waals surface area contributed by atoms with E-state index in [2.05, 4.69) is 10.2 Å². The molecule has 0 bridgehead atoms. The standard InChI is InChI=1S/C25H34N2O5/c1-30-21-10-8-20(23(28)13-21)17-27-12-4-5-18(16-27)6-11-25(29)26-15-19-7-9-22(31-2)14-24(19)32-3/h7-10,13-14,18,28H,4-6,11-12,15-17H2,1-3H3,(H,26,29). The molecule has 0 aromatic heterocycles. The average Bonchev–Trinajstić information content (AvgIpc) is 2.82. The van der Waals surface area contributed by atoms with Crippen LogP contribution in [0.5, 0.6) is 23.0 Å². The van der Waals surface area contributed by atoms with Gasteiger partial charge in [0.05, 0.1) is 21.3 Å². The minimum Gasteiger partial charge on any atom is -0.507 e. The van der Waals surface area contributed by atoms with Gasteiger partial charge in [0, 0.05) is 49.3 Å². The summed E-state index contributed by atoms with van der Waals surface area (Å²) < 4.78 is 15.8. The van der Waals surface area contributed by atoms with Gasteiger partial charge in [-0.25, -0.2) is 0 Å². The Kier molecular flexibility index (Phi) is 8.62. The molecule has 1 aliphatic heterocycles. The highest BCUT2D eigenvalue weighted by atomic mass is 16.5. The number of amides is 1. The van der Waals surface area contributed by atoms with E-state index in [9.17, 15) is 9.90 Å². The monoisotopic (exact) mass is 442 g/mol. The average molecular weight is 443 g/mol. The van der Waals surface area contributed by atoms with E-state index in [0.29, 0.717) is 36.9 Å². The number of nitrogens with zero attached hydrogens (tertiary/aromatic N) is 1. The lowest BCUT2D eigenvalue weighted by molar-refractivity contribution is -0.121. The van der Waals surface area contributed by atoms with Gasteiger partial charge in [0.1, 0.15) is 23.0 Å². The summed E-state index contributed by atoms with van der Waals surface area (Å²) in [6.45, 7) is 3.08.